The molecule has 6 heteroatoms. The first kappa shape index (κ1) is 18.0. The second kappa shape index (κ2) is 9.11. The summed E-state index contributed by atoms with van der Waals surface area (Å²) in [5, 5.41) is 5.78. The molecule has 1 aliphatic carbocycles. The van der Waals surface area contributed by atoms with E-state index in [1.807, 2.05) is 11.8 Å². The van der Waals surface area contributed by atoms with E-state index in [2.05, 4.69) is 17.6 Å². The lowest BCUT2D eigenvalue weighted by atomic mass is 10.0. The Labute approximate surface area is 139 Å². The summed E-state index contributed by atoms with van der Waals surface area (Å²) in [6, 6.07) is -0.0661. The van der Waals surface area contributed by atoms with Crippen molar-refractivity contribution in [3.05, 3.63) is 0 Å². The molecular formula is C17H31N3O3. The van der Waals surface area contributed by atoms with Crippen molar-refractivity contribution < 1.29 is 14.3 Å². The van der Waals surface area contributed by atoms with Crippen LogP contribution in [-0.4, -0.2) is 55.2 Å². The quantitative estimate of drug-likeness (QED) is 0.733. The number of carbonyl (C=O) groups excluding carboxylic acids is 2. The van der Waals surface area contributed by atoms with Gasteiger partial charge >= 0.3 is 6.03 Å². The van der Waals surface area contributed by atoms with E-state index in [0.29, 0.717) is 38.5 Å². The average molecular weight is 325 g/mol. The minimum atomic E-state index is -0.0661. The molecule has 2 rings (SSSR count). The summed E-state index contributed by atoms with van der Waals surface area (Å²) in [5.41, 5.74) is 0. The molecule has 0 aromatic carbocycles. The van der Waals surface area contributed by atoms with Crippen molar-refractivity contribution in [1.29, 1.82) is 0 Å². The highest BCUT2D eigenvalue weighted by Gasteiger charge is 2.27. The molecule has 3 amide bonds. The molecule has 6 nitrogen and oxygen atoms in total. The number of ether oxygens (including phenoxy) is 1. The Hall–Kier alpha value is -1.30. The van der Waals surface area contributed by atoms with Crippen LogP contribution in [0.1, 0.15) is 52.4 Å². The summed E-state index contributed by atoms with van der Waals surface area (Å²) in [6.45, 7) is 6.28. The van der Waals surface area contributed by atoms with E-state index >= 15 is 0 Å². The summed E-state index contributed by atoms with van der Waals surface area (Å²) >= 11 is 0. The molecule has 0 spiro atoms. The Morgan fingerprint density at radius 2 is 1.83 bits per heavy atom. The topological polar surface area (TPSA) is 70.7 Å². The van der Waals surface area contributed by atoms with Gasteiger partial charge in [-0.3, -0.25) is 4.79 Å². The molecule has 0 aromatic heterocycles. The second-order valence-corrected chi connectivity index (χ2v) is 6.82. The summed E-state index contributed by atoms with van der Waals surface area (Å²) in [6.07, 6.45) is 6.60. The first-order chi connectivity index (χ1) is 11.1. The highest BCUT2D eigenvalue weighted by molar-refractivity contribution is 5.76. The molecule has 2 aliphatic rings. The van der Waals surface area contributed by atoms with Crippen molar-refractivity contribution in [1.82, 2.24) is 15.5 Å². The van der Waals surface area contributed by atoms with Crippen molar-refractivity contribution in [2.75, 3.05) is 26.2 Å². The largest absolute Gasteiger partial charge is 0.372 e. The minimum absolute atomic E-state index is 0.0661. The second-order valence-electron chi connectivity index (χ2n) is 6.82. The van der Waals surface area contributed by atoms with Crippen LogP contribution in [-0.2, 0) is 9.53 Å². The highest BCUT2D eigenvalue weighted by Crippen LogP contribution is 2.27. The fraction of sp³-hybridized carbons (Fsp3) is 0.882. The summed E-state index contributed by atoms with van der Waals surface area (Å²) in [7, 11) is 0. The van der Waals surface area contributed by atoms with Crippen LogP contribution >= 0.6 is 0 Å². The summed E-state index contributed by atoms with van der Waals surface area (Å²) < 4.78 is 5.76. The number of rotatable bonds is 6. The Bertz CT molecular complexity index is 397. The zero-order valence-electron chi connectivity index (χ0n) is 14.5. The van der Waals surface area contributed by atoms with E-state index in [9.17, 15) is 9.59 Å². The van der Waals surface area contributed by atoms with E-state index in [1.54, 1.807) is 0 Å². The first-order valence-corrected chi connectivity index (χ1v) is 9.03. The lowest BCUT2D eigenvalue weighted by molar-refractivity contribution is -0.121. The Morgan fingerprint density at radius 1 is 1.13 bits per heavy atom. The maximum atomic E-state index is 12.2. The predicted octanol–water partition coefficient (Wildman–Crippen LogP) is 1.89. The van der Waals surface area contributed by atoms with Crippen molar-refractivity contribution in [3.63, 3.8) is 0 Å². The molecule has 2 unspecified atom stereocenters. The van der Waals surface area contributed by atoms with E-state index in [0.717, 1.165) is 6.42 Å². The van der Waals surface area contributed by atoms with E-state index < -0.39 is 0 Å². The number of carbonyl (C=O) groups is 2. The van der Waals surface area contributed by atoms with Crippen LogP contribution in [0.15, 0.2) is 0 Å². The molecule has 132 valence electrons. The van der Waals surface area contributed by atoms with Crippen molar-refractivity contribution in [2.24, 2.45) is 5.92 Å². The monoisotopic (exact) mass is 325 g/mol. The van der Waals surface area contributed by atoms with Gasteiger partial charge in [0, 0.05) is 32.6 Å². The molecule has 2 atom stereocenters. The van der Waals surface area contributed by atoms with Gasteiger partial charge in [0.15, 0.2) is 0 Å². The third-order valence-corrected chi connectivity index (χ3v) is 4.74. The summed E-state index contributed by atoms with van der Waals surface area (Å²) in [4.78, 5) is 25.8. The number of amides is 3. The third kappa shape index (κ3) is 6.01. The van der Waals surface area contributed by atoms with Crippen LogP contribution in [0.3, 0.4) is 0 Å². The molecule has 0 radical (unpaired) electrons. The smallest absolute Gasteiger partial charge is 0.317 e. The molecule has 0 aromatic rings. The number of nitrogens with one attached hydrogen (secondary N) is 2. The van der Waals surface area contributed by atoms with Gasteiger partial charge < -0.3 is 20.3 Å². The highest BCUT2D eigenvalue weighted by atomic mass is 16.5. The Morgan fingerprint density at radius 3 is 2.52 bits per heavy atom. The zero-order chi connectivity index (χ0) is 16.7. The maximum absolute atomic E-state index is 12.2. The number of hydrogen-bond acceptors (Lipinski definition) is 3. The van der Waals surface area contributed by atoms with Crippen LogP contribution < -0.4 is 10.6 Å². The minimum Gasteiger partial charge on any atom is -0.372 e. The van der Waals surface area contributed by atoms with Gasteiger partial charge in [0.05, 0.1) is 12.2 Å². The SMILES string of the molecule is CCC1CN(C(=O)NCCNC(=O)CC2CCCC2)CC(C)O1. The van der Waals surface area contributed by atoms with Crippen molar-refractivity contribution in [2.45, 2.75) is 64.6 Å². The molecule has 1 saturated carbocycles. The van der Waals surface area contributed by atoms with Gasteiger partial charge in [-0.05, 0) is 32.1 Å². The van der Waals surface area contributed by atoms with Gasteiger partial charge in [-0.1, -0.05) is 19.8 Å². The molecule has 2 N–H and O–H groups in total. The van der Waals surface area contributed by atoms with Crippen molar-refractivity contribution in [3.8, 4) is 0 Å². The summed E-state index contributed by atoms with van der Waals surface area (Å²) in [5.74, 6) is 0.669. The standard InChI is InChI=1S/C17H31N3O3/c1-3-15-12-20(11-13(2)23-15)17(22)19-9-8-18-16(21)10-14-6-4-5-7-14/h13-15H,3-12H2,1-2H3,(H,18,21)(H,19,22). The number of morpholine rings is 1. The van der Waals surface area contributed by atoms with Crippen LogP contribution in [0.25, 0.3) is 0 Å². The maximum Gasteiger partial charge on any atom is 0.317 e. The van der Waals surface area contributed by atoms with Gasteiger partial charge in [0.2, 0.25) is 5.91 Å². The van der Waals surface area contributed by atoms with Gasteiger partial charge in [0.25, 0.3) is 0 Å². The predicted molar refractivity (Wildman–Crippen MR) is 89.2 cm³/mol. The first-order valence-electron chi connectivity index (χ1n) is 9.03. The molecule has 23 heavy (non-hydrogen) atoms. The van der Waals surface area contributed by atoms with Gasteiger partial charge in [-0.15, -0.1) is 0 Å². The fourth-order valence-electron chi connectivity index (χ4n) is 3.47. The lowest BCUT2D eigenvalue weighted by Crippen LogP contribution is -2.53. The van der Waals surface area contributed by atoms with Crippen LogP contribution in [0, 0.1) is 5.92 Å². The van der Waals surface area contributed by atoms with Gasteiger partial charge in [0.1, 0.15) is 0 Å². The molecule has 1 saturated heterocycles. The molecule has 1 heterocycles. The van der Waals surface area contributed by atoms with Crippen molar-refractivity contribution >= 4 is 11.9 Å². The van der Waals surface area contributed by atoms with Gasteiger partial charge in [-0.2, -0.15) is 0 Å². The number of hydrogen-bond donors (Lipinski definition) is 2. The van der Waals surface area contributed by atoms with Crippen LogP contribution in [0.4, 0.5) is 4.79 Å². The van der Waals surface area contributed by atoms with Crippen LogP contribution in [0.5, 0.6) is 0 Å². The number of nitrogens with zero attached hydrogens (tertiary/aromatic N) is 1. The normalized spacial score (nSPS) is 25.4. The van der Waals surface area contributed by atoms with E-state index in [4.69, 9.17) is 4.74 Å². The zero-order valence-corrected chi connectivity index (χ0v) is 14.5. The molecular weight excluding hydrogens is 294 g/mol. The fourth-order valence-corrected chi connectivity index (χ4v) is 3.47. The average Bonchev–Trinajstić information content (AvgIpc) is 3.03. The Balaban J connectivity index is 1.59. The van der Waals surface area contributed by atoms with Gasteiger partial charge in [-0.25, -0.2) is 4.79 Å². The van der Waals surface area contributed by atoms with E-state index in [-0.39, 0.29) is 24.1 Å². The Kier molecular flexibility index (Phi) is 7.15. The molecule has 1 aliphatic heterocycles. The van der Waals surface area contributed by atoms with E-state index in [1.165, 1.54) is 25.7 Å². The number of urea groups is 1. The third-order valence-electron chi connectivity index (χ3n) is 4.74. The molecule has 0 bridgehead atoms. The van der Waals surface area contributed by atoms with Crippen LogP contribution in [0.2, 0.25) is 0 Å². The lowest BCUT2D eigenvalue weighted by Gasteiger charge is -2.36. The molecule has 2 fully saturated rings.